The van der Waals surface area contributed by atoms with Crippen molar-refractivity contribution in [1.29, 1.82) is 0 Å². The number of nitrogens with zero attached hydrogens (tertiary/aromatic N) is 1. The van der Waals surface area contributed by atoms with Crippen LogP contribution in [0.2, 0.25) is 0 Å². The molecule has 28 heavy (non-hydrogen) atoms. The molecule has 0 radical (unpaired) electrons. The summed E-state index contributed by atoms with van der Waals surface area (Å²) >= 11 is 0. The van der Waals surface area contributed by atoms with Crippen LogP contribution in [0, 0.1) is 20.8 Å². The van der Waals surface area contributed by atoms with Crippen LogP contribution < -0.4 is 20.7 Å². The fourth-order valence-electron chi connectivity index (χ4n) is 2.98. The Bertz CT molecular complexity index is 954. The Kier molecular flexibility index (Phi) is 5.84. The molecule has 0 bridgehead atoms. The molecule has 0 aliphatic heterocycles. The molecule has 3 rings (SSSR count). The van der Waals surface area contributed by atoms with E-state index in [1.54, 1.807) is 17.0 Å². The summed E-state index contributed by atoms with van der Waals surface area (Å²) in [7, 11) is 0. The van der Waals surface area contributed by atoms with Crippen molar-refractivity contribution in [1.82, 2.24) is 5.32 Å². The van der Waals surface area contributed by atoms with Gasteiger partial charge in [0.05, 0.1) is 11.4 Å². The van der Waals surface area contributed by atoms with E-state index in [4.69, 9.17) is 10.5 Å². The molecule has 0 fully saturated rings. The third kappa shape index (κ3) is 4.26. The zero-order valence-electron chi connectivity index (χ0n) is 16.4. The third-order valence-electron chi connectivity index (χ3n) is 4.68. The number of aryl methyl sites for hydroxylation is 2. The van der Waals surface area contributed by atoms with Gasteiger partial charge in [-0.05, 0) is 73.9 Å². The molecule has 0 unspecified atom stereocenters. The average Bonchev–Trinajstić information content (AvgIpc) is 2.70. The minimum atomic E-state index is -0.279. The lowest BCUT2D eigenvalue weighted by Gasteiger charge is -2.24. The largest absolute Gasteiger partial charge is 0.473 e. The van der Waals surface area contributed by atoms with Crippen LogP contribution in [0.15, 0.2) is 66.7 Å². The van der Waals surface area contributed by atoms with Gasteiger partial charge >= 0.3 is 6.03 Å². The molecule has 0 saturated carbocycles. The Morgan fingerprint density at radius 3 is 2.18 bits per heavy atom. The molecule has 0 aliphatic rings. The number of ether oxygens (including phenoxy) is 1. The second kappa shape index (κ2) is 8.48. The van der Waals surface area contributed by atoms with Crippen molar-refractivity contribution >= 4 is 23.1 Å². The molecule has 0 heterocycles. The molecular formula is C23H25N3O2. The topological polar surface area (TPSA) is 67.6 Å². The summed E-state index contributed by atoms with van der Waals surface area (Å²) < 4.78 is 5.88. The Morgan fingerprint density at radius 2 is 1.50 bits per heavy atom. The lowest BCUT2D eigenvalue weighted by atomic mass is 10.1. The van der Waals surface area contributed by atoms with E-state index in [0.29, 0.717) is 5.69 Å². The van der Waals surface area contributed by atoms with Crippen LogP contribution in [0.3, 0.4) is 0 Å². The van der Waals surface area contributed by atoms with Crippen molar-refractivity contribution in [2.75, 3.05) is 17.4 Å². The number of benzene rings is 3. The molecular weight excluding hydrogens is 350 g/mol. The number of nitrogens with two attached hydrogens (primary N) is 1. The number of carbonyl (C=O) groups excluding carboxylic acids is 1. The maximum Gasteiger partial charge on any atom is 0.329 e. The fourth-order valence-corrected chi connectivity index (χ4v) is 2.98. The predicted octanol–water partition coefficient (Wildman–Crippen LogP) is 5.08. The van der Waals surface area contributed by atoms with Crippen LogP contribution in [0.4, 0.5) is 21.9 Å². The summed E-state index contributed by atoms with van der Waals surface area (Å²) in [4.78, 5) is 14.6. The van der Waals surface area contributed by atoms with Crippen molar-refractivity contribution < 1.29 is 9.53 Å². The summed E-state index contributed by atoms with van der Waals surface area (Å²) in [6, 6.07) is 20.4. The van der Waals surface area contributed by atoms with Crippen LogP contribution in [0.5, 0.6) is 5.75 Å². The van der Waals surface area contributed by atoms with Gasteiger partial charge in [-0.15, -0.1) is 0 Å². The minimum Gasteiger partial charge on any atom is -0.473 e. The lowest BCUT2D eigenvalue weighted by molar-refractivity contribution is 0.230. The number of hydrogen-bond donors (Lipinski definition) is 2. The maximum atomic E-state index is 13.0. The van der Waals surface area contributed by atoms with Gasteiger partial charge in [0.2, 0.25) is 0 Å². The van der Waals surface area contributed by atoms with E-state index in [1.165, 1.54) is 0 Å². The first kappa shape index (κ1) is 19.3. The highest BCUT2D eigenvalue weighted by atomic mass is 16.5. The lowest BCUT2D eigenvalue weighted by Crippen LogP contribution is -2.39. The van der Waals surface area contributed by atoms with Crippen LogP contribution in [0.1, 0.15) is 16.7 Å². The zero-order chi connectivity index (χ0) is 20.1. The Hall–Kier alpha value is -3.47. The number of carbonyl (C=O) groups is 1. The normalized spacial score (nSPS) is 10.4. The molecule has 0 aliphatic carbocycles. The van der Waals surface area contributed by atoms with Crippen molar-refractivity contribution in [3.05, 3.63) is 83.4 Å². The van der Waals surface area contributed by atoms with Gasteiger partial charge in [-0.1, -0.05) is 30.3 Å². The summed E-state index contributed by atoms with van der Waals surface area (Å²) in [6.45, 7) is 6.12. The second-order valence-electron chi connectivity index (χ2n) is 6.69. The van der Waals surface area contributed by atoms with Crippen molar-refractivity contribution in [2.24, 2.45) is 0 Å². The summed E-state index contributed by atoms with van der Waals surface area (Å²) in [6.07, 6.45) is 0. The molecule has 5 nitrogen and oxygen atoms in total. The molecule has 5 heteroatoms. The molecule has 3 aromatic carbocycles. The highest BCUT2D eigenvalue weighted by Crippen LogP contribution is 2.27. The first-order chi connectivity index (χ1) is 13.5. The van der Waals surface area contributed by atoms with Crippen LogP contribution in [0.25, 0.3) is 0 Å². The molecule has 0 spiro atoms. The Labute approximate surface area is 165 Å². The highest BCUT2D eigenvalue weighted by Gasteiger charge is 2.18. The van der Waals surface area contributed by atoms with Gasteiger partial charge < -0.3 is 15.8 Å². The number of amides is 2. The van der Waals surface area contributed by atoms with Crippen LogP contribution in [-0.4, -0.2) is 12.8 Å². The molecule has 2 amide bonds. The van der Waals surface area contributed by atoms with E-state index in [1.807, 2.05) is 69.3 Å². The van der Waals surface area contributed by atoms with E-state index >= 15 is 0 Å². The fraction of sp³-hybridized carbons (Fsp3) is 0.174. The van der Waals surface area contributed by atoms with Crippen LogP contribution >= 0.6 is 0 Å². The zero-order valence-corrected chi connectivity index (χ0v) is 16.4. The van der Waals surface area contributed by atoms with E-state index in [9.17, 15) is 4.79 Å². The van der Waals surface area contributed by atoms with Crippen molar-refractivity contribution in [3.63, 3.8) is 0 Å². The molecule has 0 atom stereocenters. The Balaban J connectivity index is 1.77. The number of anilines is 3. The standard InChI is InChI=1S/C23H25N3O2/c1-16-9-10-17(2)22(18(16)3)28-15-25-23(27)26(20-7-5-4-6-8-20)21-13-11-19(24)12-14-21/h4-14H,15,24H2,1-3H3,(H,25,27). The van der Waals surface area contributed by atoms with Crippen molar-refractivity contribution in [2.45, 2.75) is 20.8 Å². The number of nitrogens with one attached hydrogen (secondary N) is 1. The maximum absolute atomic E-state index is 13.0. The number of urea groups is 1. The number of rotatable bonds is 5. The van der Waals surface area contributed by atoms with Gasteiger partial charge in [0.1, 0.15) is 5.75 Å². The van der Waals surface area contributed by atoms with Gasteiger partial charge in [-0.25, -0.2) is 4.79 Å². The van der Waals surface area contributed by atoms with Crippen molar-refractivity contribution in [3.8, 4) is 5.75 Å². The van der Waals surface area contributed by atoms with Gasteiger partial charge in [0.25, 0.3) is 0 Å². The first-order valence-electron chi connectivity index (χ1n) is 9.15. The van der Waals surface area contributed by atoms with E-state index in [0.717, 1.165) is 33.8 Å². The summed E-state index contributed by atoms with van der Waals surface area (Å²) in [5, 5.41) is 2.85. The molecule has 0 saturated heterocycles. The molecule has 3 aromatic rings. The summed E-state index contributed by atoms with van der Waals surface area (Å²) in [5.41, 5.74) is 11.2. The second-order valence-corrected chi connectivity index (χ2v) is 6.69. The number of para-hydroxylation sites is 1. The van der Waals surface area contributed by atoms with E-state index < -0.39 is 0 Å². The first-order valence-corrected chi connectivity index (χ1v) is 9.15. The Morgan fingerprint density at radius 1 is 0.893 bits per heavy atom. The molecule has 0 aromatic heterocycles. The van der Waals surface area contributed by atoms with E-state index in [2.05, 4.69) is 11.4 Å². The monoisotopic (exact) mass is 375 g/mol. The highest BCUT2D eigenvalue weighted by molar-refractivity contribution is 5.99. The third-order valence-corrected chi connectivity index (χ3v) is 4.68. The van der Waals surface area contributed by atoms with Crippen LogP contribution in [-0.2, 0) is 0 Å². The van der Waals surface area contributed by atoms with Gasteiger partial charge in [0.15, 0.2) is 6.73 Å². The SMILES string of the molecule is Cc1ccc(C)c(OCNC(=O)N(c2ccccc2)c2ccc(N)cc2)c1C. The predicted molar refractivity (Wildman–Crippen MR) is 114 cm³/mol. The van der Waals surface area contributed by atoms with Gasteiger partial charge in [-0.3, -0.25) is 4.90 Å². The number of hydrogen-bond acceptors (Lipinski definition) is 3. The molecule has 3 N–H and O–H groups in total. The smallest absolute Gasteiger partial charge is 0.329 e. The van der Waals surface area contributed by atoms with E-state index in [-0.39, 0.29) is 12.8 Å². The minimum absolute atomic E-state index is 0.0717. The molecule has 144 valence electrons. The number of nitrogen functional groups attached to an aromatic ring is 1. The quantitative estimate of drug-likeness (QED) is 0.483. The van der Waals surface area contributed by atoms with Gasteiger partial charge in [0, 0.05) is 5.69 Å². The van der Waals surface area contributed by atoms with Gasteiger partial charge in [-0.2, -0.15) is 0 Å². The summed E-state index contributed by atoms with van der Waals surface area (Å²) in [5.74, 6) is 0.805. The average molecular weight is 375 g/mol.